The molecule has 2 rings (SSSR count). The third-order valence-electron chi connectivity index (χ3n) is 2.64. The van der Waals surface area contributed by atoms with Crippen LogP contribution >= 0.6 is 11.8 Å². The predicted molar refractivity (Wildman–Crippen MR) is 58.2 cm³/mol. The van der Waals surface area contributed by atoms with Crippen molar-refractivity contribution in [3.8, 4) is 0 Å². The maximum absolute atomic E-state index is 13.6. The van der Waals surface area contributed by atoms with E-state index in [9.17, 15) is 4.39 Å². The molecule has 1 atom stereocenters. The molecular weight excluding hydrogens is 197 g/mol. The Kier molecular flexibility index (Phi) is 3.08. The van der Waals surface area contributed by atoms with Crippen molar-refractivity contribution in [2.75, 3.05) is 12.8 Å². The van der Waals surface area contributed by atoms with Crippen LogP contribution in [0, 0.1) is 5.82 Å². The van der Waals surface area contributed by atoms with E-state index in [2.05, 4.69) is 5.32 Å². The minimum atomic E-state index is -0.0729. The third-order valence-corrected chi connectivity index (χ3v) is 3.44. The summed E-state index contributed by atoms with van der Waals surface area (Å²) in [5.74, 6) is -0.0729. The van der Waals surface area contributed by atoms with Crippen molar-refractivity contribution >= 4 is 11.8 Å². The van der Waals surface area contributed by atoms with Crippen LogP contribution in [0.5, 0.6) is 0 Å². The molecule has 1 N–H and O–H groups in total. The van der Waals surface area contributed by atoms with Gasteiger partial charge in [0.15, 0.2) is 0 Å². The van der Waals surface area contributed by atoms with E-state index in [1.807, 2.05) is 12.3 Å². The third kappa shape index (κ3) is 1.79. The number of nitrogens with one attached hydrogen (secondary N) is 1. The maximum Gasteiger partial charge on any atom is 0.129 e. The van der Waals surface area contributed by atoms with Crippen molar-refractivity contribution in [1.29, 1.82) is 0 Å². The van der Waals surface area contributed by atoms with Gasteiger partial charge in [0.2, 0.25) is 0 Å². The molecule has 0 amide bonds. The first-order valence-corrected chi connectivity index (χ1v) is 6.11. The van der Waals surface area contributed by atoms with Crippen molar-refractivity contribution in [3.63, 3.8) is 0 Å². The van der Waals surface area contributed by atoms with Gasteiger partial charge in [-0.1, -0.05) is 6.07 Å². The van der Waals surface area contributed by atoms with Crippen molar-refractivity contribution < 1.29 is 4.39 Å². The van der Waals surface area contributed by atoms with Gasteiger partial charge in [-0.15, -0.1) is 11.8 Å². The summed E-state index contributed by atoms with van der Waals surface area (Å²) in [5, 5.41) is 3.34. The summed E-state index contributed by atoms with van der Waals surface area (Å²) in [7, 11) is 0. The fraction of sp³-hybridized carbons (Fsp3) is 0.455. The van der Waals surface area contributed by atoms with Crippen LogP contribution in [-0.4, -0.2) is 12.8 Å². The molecule has 3 heteroatoms. The van der Waals surface area contributed by atoms with Crippen LogP contribution in [0.2, 0.25) is 0 Å². The molecule has 1 fully saturated rings. The van der Waals surface area contributed by atoms with Crippen LogP contribution in [0.1, 0.15) is 24.4 Å². The van der Waals surface area contributed by atoms with Gasteiger partial charge in [0.25, 0.3) is 0 Å². The fourth-order valence-corrected chi connectivity index (χ4v) is 2.64. The van der Waals surface area contributed by atoms with Gasteiger partial charge in [-0.05, 0) is 37.8 Å². The Hall–Kier alpha value is -0.540. The van der Waals surface area contributed by atoms with E-state index < -0.39 is 0 Å². The summed E-state index contributed by atoms with van der Waals surface area (Å²) in [5.41, 5.74) is 0.859. The highest BCUT2D eigenvalue weighted by Gasteiger charge is 2.21. The van der Waals surface area contributed by atoms with Gasteiger partial charge in [-0.3, -0.25) is 0 Å². The Morgan fingerprint density at radius 3 is 3.00 bits per heavy atom. The van der Waals surface area contributed by atoms with E-state index in [4.69, 9.17) is 0 Å². The van der Waals surface area contributed by atoms with E-state index in [-0.39, 0.29) is 11.9 Å². The Bertz CT molecular complexity index is 321. The molecule has 1 heterocycles. The molecule has 1 aromatic carbocycles. The SMILES string of the molecule is CSc1cccc(F)c1C1CCCN1. The molecule has 1 saturated heterocycles. The summed E-state index contributed by atoms with van der Waals surface area (Å²) >= 11 is 1.62. The number of hydrogen-bond acceptors (Lipinski definition) is 2. The van der Waals surface area contributed by atoms with Crippen molar-refractivity contribution in [3.05, 3.63) is 29.6 Å². The van der Waals surface area contributed by atoms with E-state index in [0.29, 0.717) is 0 Å². The van der Waals surface area contributed by atoms with Gasteiger partial charge < -0.3 is 5.32 Å². The lowest BCUT2D eigenvalue weighted by Gasteiger charge is -2.15. The van der Waals surface area contributed by atoms with Crippen molar-refractivity contribution in [1.82, 2.24) is 5.32 Å². The van der Waals surface area contributed by atoms with Crippen molar-refractivity contribution in [2.24, 2.45) is 0 Å². The molecule has 0 aliphatic carbocycles. The number of benzene rings is 1. The van der Waals surface area contributed by atoms with E-state index in [1.54, 1.807) is 23.9 Å². The molecule has 0 aromatic heterocycles. The van der Waals surface area contributed by atoms with Crippen LogP contribution in [0.15, 0.2) is 23.1 Å². The van der Waals surface area contributed by atoms with Crippen molar-refractivity contribution in [2.45, 2.75) is 23.8 Å². The average Bonchev–Trinajstić information content (AvgIpc) is 2.70. The lowest BCUT2D eigenvalue weighted by molar-refractivity contribution is 0.549. The van der Waals surface area contributed by atoms with E-state index >= 15 is 0 Å². The Labute approximate surface area is 88.1 Å². The first kappa shape index (κ1) is 9.99. The molecule has 0 bridgehead atoms. The molecule has 76 valence electrons. The zero-order valence-corrected chi connectivity index (χ0v) is 9.03. The second kappa shape index (κ2) is 4.32. The number of rotatable bonds is 2. The van der Waals surface area contributed by atoms with Gasteiger partial charge in [0.05, 0.1) is 0 Å². The van der Waals surface area contributed by atoms with Gasteiger partial charge in [-0.25, -0.2) is 4.39 Å². The zero-order valence-electron chi connectivity index (χ0n) is 8.22. The predicted octanol–water partition coefficient (Wildman–Crippen LogP) is 2.97. The average molecular weight is 211 g/mol. The van der Waals surface area contributed by atoms with Crippen LogP contribution in [-0.2, 0) is 0 Å². The minimum Gasteiger partial charge on any atom is -0.310 e. The summed E-state index contributed by atoms with van der Waals surface area (Å²) in [6.45, 7) is 1.01. The Morgan fingerprint density at radius 2 is 2.36 bits per heavy atom. The molecule has 1 nitrogen and oxygen atoms in total. The second-order valence-electron chi connectivity index (χ2n) is 3.50. The highest BCUT2D eigenvalue weighted by atomic mass is 32.2. The first-order chi connectivity index (χ1) is 6.83. The maximum atomic E-state index is 13.6. The summed E-state index contributed by atoms with van der Waals surface area (Å²) in [6, 6.07) is 5.54. The summed E-state index contributed by atoms with van der Waals surface area (Å²) in [6.07, 6.45) is 4.19. The second-order valence-corrected chi connectivity index (χ2v) is 4.35. The Morgan fingerprint density at radius 1 is 1.50 bits per heavy atom. The van der Waals surface area contributed by atoms with Crippen LogP contribution < -0.4 is 5.32 Å². The highest BCUT2D eigenvalue weighted by molar-refractivity contribution is 7.98. The molecule has 14 heavy (non-hydrogen) atoms. The quantitative estimate of drug-likeness (QED) is 0.755. The summed E-state index contributed by atoms with van der Waals surface area (Å²) in [4.78, 5) is 1.06. The lowest BCUT2D eigenvalue weighted by Crippen LogP contribution is -2.15. The normalized spacial score (nSPS) is 21.4. The molecule has 1 aliphatic rings. The zero-order chi connectivity index (χ0) is 9.97. The van der Waals surface area contributed by atoms with Crippen LogP contribution in [0.3, 0.4) is 0 Å². The molecule has 1 aromatic rings. The fourth-order valence-electron chi connectivity index (χ4n) is 1.96. The molecule has 0 saturated carbocycles. The molecule has 0 spiro atoms. The lowest BCUT2D eigenvalue weighted by atomic mass is 10.0. The van der Waals surface area contributed by atoms with Crippen LogP contribution in [0.4, 0.5) is 4.39 Å². The van der Waals surface area contributed by atoms with Crippen LogP contribution in [0.25, 0.3) is 0 Å². The monoisotopic (exact) mass is 211 g/mol. The van der Waals surface area contributed by atoms with Gasteiger partial charge >= 0.3 is 0 Å². The highest BCUT2D eigenvalue weighted by Crippen LogP contribution is 2.32. The summed E-state index contributed by atoms with van der Waals surface area (Å²) < 4.78 is 13.6. The molecular formula is C11H14FNS. The minimum absolute atomic E-state index is 0.0729. The Balaban J connectivity index is 2.37. The number of hydrogen-bond donors (Lipinski definition) is 1. The first-order valence-electron chi connectivity index (χ1n) is 4.88. The van der Waals surface area contributed by atoms with Gasteiger partial charge in [-0.2, -0.15) is 0 Å². The molecule has 0 radical (unpaired) electrons. The largest absolute Gasteiger partial charge is 0.310 e. The number of halogens is 1. The smallest absolute Gasteiger partial charge is 0.129 e. The van der Waals surface area contributed by atoms with E-state index in [0.717, 1.165) is 29.8 Å². The van der Waals surface area contributed by atoms with Gasteiger partial charge in [0, 0.05) is 16.5 Å². The topological polar surface area (TPSA) is 12.0 Å². The standard InChI is InChI=1S/C11H14FNS/c1-14-10-6-2-4-8(12)11(10)9-5-3-7-13-9/h2,4,6,9,13H,3,5,7H2,1H3. The molecule has 1 aliphatic heterocycles. The van der Waals surface area contributed by atoms with E-state index in [1.165, 1.54) is 0 Å². The molecule has 1 unspecified atom stereocenters. The van der Waals surface area contributed by atoms with Gasteiger partial charge in [0.1, 0.15) is 5.82 Å². The number of thioether (sulfide) groups is 1.